The molecule has 0 aliphatic heterocycles. The smallest absolute Gasteiger partial charge is 0.323 e. The number of aromatic nitrogens is 4. The third-order valence-corrected chi connectivity index (χ3v) is 4.33. The molecule has 6 nitrogen and oxygen atoms in total. The van der Waals surface area contributed by atoms with E-state index in [0.717, 1.165) is 12.3 Å². The summed E-state index contributed by atoms with van der Waals surface area (Å²) in [6, 6.07) is 5.11. The summed E-state index contributed by atoms with van der Waals surface area (Å²) in [5, 5.41) is 0.259. The Hall–Kier alpha value is -2.95. The molecular weight excluding hydrogens is 411 g/mol. The van der Waals surface area contributed by atoms with Crippen molar-refractivity contribution in [1.29, 1.82) is 0 Å². The fourth-order valence-corrected chi connectivity index (χ4v) is 2.79. The number of pyridine rings is 2. The predicted octanol–water partition coefficient (Wildman–Crippen LogP) is 4.28. The predicted molar refractivity (Wildman–Crippen MR) is 97.8 cm³/mol. The molecular formula is C19H17F5N4O2. The van der Waals surface area contributed by atoms with Gasteiger partial charge in [-0.2, -0.15) is 22.0 Å². The highest BCUT2D eigenvalue weighted by Crippen LogP contribution is 2.29. The van der Waals surface area contributed by atoms with E-state index in [4.69, 9.17) is 0 Å². The number of halogens is 5. The van der Waals surface area contributed by atoms with E-state index in [1.807, 2.05) is 0 Å². The molecule has 0 atom stereocenters. The molecule has 0 fully saturated rings. The summed E-state index contributed by atoms with van der Waals surface area (Å²) in [7, 11) is 0. The van der Waals surface area contributed by atoms with Crippen molar-refractivity contribution in [3.05, 3.63) is 52.7 Å². The summed E-state index contributed by atoms with van der Waals surface area (Å²) < 4.78 is 67.3. The molecule has 0 aliphatic rings. The second kappa shape index (κ2) is 9.24. The quantitative estimate of drug-likeness (QED) is 0.396. The molecule has 0 saturated carbocycles. The second-order valence-electron chi connectivity index (χ2n) is 6.43. The van der Waals surface area contributed by atoms with Crippen LogP contribution >= 0.6 is 0 Å². The molecule has 3 aromatic rings. The van der Waals surface area contributed by atoms with E-state index in [9.17, 15) is 26.7 Å². The topological polar surface area (TPSA) is 69.9 Å². The van der Waals surface area contributed by atoms with Crippen molar-refractivity contribution in [2.24, 2.45) is 0 Å². The lowest BCUT2D eigenvalue weighted by Gasteiger charge is -2.08. The summed E-state index contributed by atoms with van der Waals surface area (Å²) in [6.45, 7) is -2.47. The number of alkyl halides is 5. The molecule has 0 N–H and O–H groups in total. The molecule has 0 aromatic carbocycles. The maximum Gasteiger partial charge on any atom is 0.417 e. The molecule has 0 unspecified atom stereocenters. The summed E-state index contributed by atoms with van der Waals surface area (Å²) in [6.07, 6.45) is -0.791. The maximum absolute atomic E-state index is 12.7. The number of hydrogen-bond acceptors (Lipinski definition) is 5. The average Bonchev–Trinajstić information content (AvgIpc) is 2.71. The first-order chi connectivity index (χ1) is 14.3. The van der Waals surface area contributed by atoms with Gasteiger partial charge in [0.05, 0.1) is 35.3 Å². The van der Waals surface area contributed by atoms with Gasteiger partial charge in [-0.1, -0.05) is 0 Å². The van der Waals surface area contributed by atoms with Gasteiger partial charge < -0.3 is 4.74 Å². The Balaban J connectivity index is 1.71. The van der Waals surface area contributed by atoms with Crippen molar-refractivity contribution in [3.8, 4) is 11.4 Å². The van der Waals surface area contributed by atoms with E-state index in [-0.39, 0.29) is 28.9 Å². The van der Waals surface area contributed by atoms with Gasteiger partial charge in [-0.05, 0) is 43.5 Å². The fraction of sp³-hybridized carbons (Fsp3) is 0.368. The molecule has 0 bridgehead atoms. The van der Waals surface area contributed by atoms with Crippen LogP contribution in [0.25, 0.3) is 22.4 Å². The van der Waals surface area contributed by atoms with Crippen LogP contribution in [0.15, 0.2) is 41.6 Å². The van der Waals surface area contributed by atoms with Gasteiger partial charge in [0.15, 0.2) is 5.65 Å². The van der Waals surface area contributed by atoms with Crippen molar-refractivity contribution in [1.82, 2.24) is 19.5 Å². The number of ether oxygens (including phenoxy) is 1. The molecule has 11 heteroatoms. The monoisotopic (exact) mass is 428 g/mol. The standard InChI is InChI=1S/C19H17F5N4O2/c20-18(21)30-9-3-1-2-8-28-11-26-16-13(17(28)29)5-7-15(27-16)14-6-4-12(10-25-14)19(22,23)24/h4-7,10-11,18H,1-3,8-9H2. The van der Waals surface area contributed by atoms with Crippen LogP contribution in [0.1, 0.15) is 24.8 Å². The minimum absolute atomic E-state index is 0.0484. The van der Waals surface area contributed by atoms with Gasteiger partial charge in [0.25, 0.3) is 5.56 Å². The summed E-state index contributed by atoms with van der Waals surface area (Å²) >= 11 is 0. The fourth-order valence-electron chi connectivity index (χ4n) is 2.79. The van der Waals surface area contributed by atoms with Gasteiger partial charge in [0.1, 0.15) is 0 Å². The Morgan fingerprint density at radius 2 is 1.77 bits per heavy atom. The zero-order valence-corrected chi connectivity index (χ0v) is 15.6. The first-order valence-electron chi connectivity index (χ1n) is 9.05. The van der Waals surface area contributed by atoms with Gasteiger partial charge in [-0.3, -0.25) is 14.3 Å². The highest BCUT2D eigenvalue weighted by molar-refractivity contribution is 5.76. The van der Waals surface area contributed by atoms with Crippen molar-refractivity contribution >= 4 is 11.0 Å². The Bertz CT molecular complexity index is 1050. The van der Waals surface area contributed by atoms with E-state index >= 15 is 0 Å². The van der Waals surface area contributed by atoms with Gasteiger partial charge in [0, 0.05) is 12.7 Å². The Labute approximate surface area is 167 Å². The van der Waals surface area contributed by atoms with E-state index in [2.05, 4.69) is 19.7 Å². The largest absolute Gasteiger partial charge is 0.417 e. The van der Waals surface area contributed by atoms with Crippen molar-refractivity contribution in [2.75, 3.05) is 6.61 Å². The molecule has 0 aliphatic carbocycles. The van der Waals surface area contributed by atoms with Crippen molar-refractivity contribution in [2.45, 2.75) is 38.6 Å². The third kappa shape index (κ3) is 5.35. The highest BCUT2D eigenvalue weighted by Gasteiger charge is 2.30. The molecule has 0 saturated heterocycles. The van der Waals surface area contributed by atoms with E-state index in [1.165, 1.54) is 29.1 Å². The summed E-state index contributed by atoms with van der Waals surface area (Å²) in [4.78, 5) is 24.7. The number of fused-ring (bicyclic) bond motifs is 1. The average molecular weight is 428 g/mol. The molecule has 0 amide bonds. The number of nitrogens with zero attached hydrogens (tertiary/aromatic N) is 4. The van der Waals surface area contributed by atoms with E-state index in [1.54, 1.807) is 0 Å². The molecule has 3 heterocycles. The molecule has 0 spiro atoms. The van der Waals surface area contributed by atoms with Gasteiger partial charge in [0.2, 0.25) is 0 Å². The molecule has 3 rings (SSSR count). The summed E-state index contributed by atoms with van der Waals surface area (Å²) in [5.74, 6) is 0. The molecule has 0 radical (unpaired) electrons. The minimum Gasteiger partial charge on any atom is -0.323 e. The molecule has 30 heavy (non-hydrogen) atoms. The third-order valence-electron chi connectivity index (χ3n) is 4.33. The van der Waals surface area contributed by atoms with Gasteiger partial charge >= 0.3 is 12.8 Å². The highest BCUT2D eigenvalue weighted by atomic mass is 19.4. The number of rotatable bonds is 8. The number of aryl methyl sites for hydroxylation is 1. The lowest BCUT2D eigenvalue weighted by atomic mass is 10.2. The van der Waals surface area contributed by atoms with Crippen LogP contribution in [0.2, 0.25) is 0 Å². The second-order valence-corrected chi connectivity index (χ2v) is 6.43. The minimum atomic E-state index is -4.48. The van der Waals surface area contributed by atoms with Crippen molar-refractivity contribution in [3.63, 3.8) is 0 Å². The van der Waals surface area contributed by atoms with Crippen molar-refractivity contribution < 1.29 is 26.7 Å². The van der Waals surface area contributed by atoms with E-state index < -0.39 is 18.4 Å². The van der Waals surface area contributed by atoms with Crippen LogP contribution < -0.4 is 5.56 Å². The Morgan fingerprint density at radius 3 is 2.43 bits per heavy atom. The normalized spacial score (nSPS) is 12.1. The van der Waals surface area contributed by atoms with Crippen LogP contribution in [0.5, 0.6) is 0 Å². The Kier molecular flexibility index (Phi) is 6.70. The van der Waals surface area contributed by atoms with Crippen LogP contribution in [-0.4, -0.2) is 32.7 Å². The van der Waals surface area contributed by atoms with Crippen LogP contribution in [-0.2, 0) is 17.5 Å². The van der Waals surface area contributed by atoms with Gasteiger partial charge in [-0.25, -0.2) is 9.97 Å². The zero-order chi connectivity index (χ0) is 21.7. The zero-order valence-electron chi connectivity index (χ0n) is 15.6. The lowest BCUT2D eigenvalue weighted by Crippen LogP contribution is -2.21. The Morgan fingerprint density at radius 1 is 1.00 bits per heavy atom. The first-order valence-corrected chi connectivity index (χ1v) is 9.05. The number of unbranched alkanes of at least 4 members (excludes halogenated alkanes) is 2. The van der Waals surface area contributed by atoms with Crippen LogP contribution in [0, 0.1) is 0 Å². The number of hydrogen-bond donors (Lipinski definition) is 0. The first kappa shape index (κ1) is 21.8. The SMILES string of the molecule is O=c1c2ccc(-c3ccc(C(F)(F)F)cn3)nc2ncn1CCCCCOC(F)F. The molecule has 160 valence electrons. The maximum atomic E-state index is 12.7. The lowest BCUT2D eigenvalue weighted by molar-refractivity contribution is -0.137. The van der Waals surface area contributed by atoms with Gasteiger partial charge in [-0.15, -0.1) is 0 Å². The molecule has 3 aromatic heterocycles. The van der Waals surface area contributed by atoms with E-state index in [0.29, 0.717) is 31.5 Å². The van der Waals surface area contributed by atoms with Crippen LogP contribution in [0.3, 0.4) is 0 Å². The summed E-state index contributed by atoms with van der Waals surface area (Å²) in [5.41, 5.74) is -0.514. The van der Waals surface area contributed by atoms with Crippen LogP contribution in [0.4, 0.5) is 22.0 Å².